The van der Waals surface area contributed by atoms with E-state index >= 15 is 0 Å². The quantitative estimate of drug-likeness (QED) is 0.266. The van der Waals surface area contributed by atoms with Gasteiger partial charge in [-0.1, -0.05) is 65.7 Å². The molecule has 4 aromatic rings. The summed E-state index contributed by atoms with van der Waals surface area (Å²) in [6, 6.07) is 20.8. The van der Waals surface area contributed by atoms with Crippen LogP contribution < -0.4 is 10.0 Å². The van der Waals surface area contributed by atoms with E-state index in [2.05, 4.69) is 15.0 Å². The number of aromatic nitrogens is 1. The molecule has 0 unspecified atom stereocenters. The normalized spacial score (nSPS) is 11.7. The predicted molar refractivity (Wildman–Crippen MR) is 140 cm³/mol. The fourth-order valence-electron chi connectivity index (χ4n) is 3.82. The predicted octanol–water partition coefficient (Wildman–Crippen LogP) is 5.71. The van der Waals surface area contributed by atoms with Gasteiger partial charge in [0.25, 0.3) is 0 Å². The molecule has 0 saturated carbocycles. The van der Waals surface area contributed by atoms with Crippen LogP contribution in [0.1, 0.15) is 12.0 Å². The van der Waals surface area contributed by atoms with E-state index in [0.717, 1.165) is 41.5 Å². The average Bonchev–Trinajstić information content (AvgIpc) is 2.85. The maximum Gasteiger partial charge on any atom is 0.241 e. The molecular weight excluding hydrogens is 489 g/mol. The Morgan fingerprint density at radius 3 is 2.50 bits per heavy atom. The highest BCUT2D eigenvalue weighted by atomic mass is 35.5. The van der Waals surface area contributed by atoms with Crippen molar-refractivity contribution in [3.8, 4) is 11.1 Å². The minimum absolute atomic E-state index is 0.252. The van der Waals surface area contributed by atoms with Gasteiger partial charge in [0, 0.05) is 36.3 Å². The van der Waals surface area contributed by atoms with Crippen LogP contribution in [-0.4, -0.2) is 33.0 Å². The van der Waals surface area contributed by atoms with Gasteiger partial charge in [-0.15, -0.1) is 0 Å². The Morgan fingerprint density at radius 1 is 0.853 bits per heavy atom. The minimum atomic E-state index is -3.71. The van der Waals surface area contributed by atoms with Crippen molar-refractivity contribution >= 4 is 44.0 Å². The largest absolute Gasteiger partial charge is 0.315 e. The van der Waals surface area contributed by atoms with Crippen LogP contribution in [0.5, 0.6) is 0 Å². The molecule has 0 fully saturated rings. The molecule has 5 nitrogen and oxygen atoms in total. The molecule has 0 amide bonds. The van der Waals surface area contributed by atoms with Gasteiger partial charge in [-0.25, -0.2) is 13.1 Å². The van der Waals surface area contributed by atoms with E-state index in [1.54, 1.807) is 30.6 Å². The van der Waals surface area contributed by atoms with E-state index in [1.165, 1.54) is 0 Å². The van der Waals surface area contributed by atoms with Crippen molar-refractivity contribution in [1.82, 2.24) is 15.0 Å². The van der Waals surface area contributed by atoms with Gasteiger partial charge < -0.3 is 5.32 Å². The third-order valence-corrected chi connectivity index (χ3v) is 7.90. The summed E-state index contributed by atoms with van der Waals surface area (Å²) in [6.45, 7) is 1.53. The molecule has 34 heavy (non-hydrogen) atoms. The van der Waals surface area contributed by atoms with E-state index in [0.29, 0.717) is 22.0 Å². The topological polar surface area (TPSA) is 71.1 Å². The second-order valence-corrected chi connectivity index (χ2v) is 10.4. The standard InChI is InChI=1S/C26H25Cl2N3O2S/c27-24-10-4-8-20(26(24)28)9-5-12-29-14-15-31-34(32,33)25-17-21(19-6-2-1-3-7-19)16-22-18-30-13-11-23(22)25/h1-4,6-8,10-11,13,16-18,29,31H,5,9,12,14-15H2. The Morgan fingerprint density at radius 2 is 1.68 bits per heavy atom. The first-order valence-electron chi connectivity index (χ1n) is 11.0. The molecule has 8 heteroatoms. The Bertz CT molecular complexity index is 1380. The number of nitrogens with one attached hydrogen (secondary N) is 2. The van der Waals surface area contributed by atoms with Gasteiger partial charge in [0.1, 0.15) is 0 Å². The number of sulfonamides is 1. The lowest BCUT2D eigenvalue weighted by molar-refractivity contribution is 0.575. The van der Waals surface area contributed by atoms with Crippen LogP contribution in [0.15, 0.2) is 84.0 Å². The molecule has 0 atom stereocenters. The van der Waals surface area contributed by atoms with Gasteiger partial charge in [-0.05, 0) is 60.3 Å². The molecule has 0 saturated heterocycles. The molecular formula is C26H25Cl2N3O2S. The SMILES string of the molecule is O=S(=O)(NCCNCCCc1cccc(Cl)c1Cl)c1cc(-c2ccccc2)cc2cnccc12. The number of fused-ring (bicyclic) bond motifs is 1. The molecule has 0 radical (unpaired) electrons. The number of pyridine rings is 1. The fourth-order valence-corrected chi connectivity index (χ4v) is 5.51. The van der Waals surface area contributed by atoms with Crippen LogP contribution in [0.2, 0.25) is 10.0 Å². The van der Waals surface area contributed by atoms with Gasteiger partial charge in [0.2, 0.25) is 10.0 Å². The first-order chi connectivity index (χ1) is 16.5. The molecule has 1 heterocycles. The van der Waals surface area contributed by atoms with Gasteiger partial charge in [-0.3, -0.25) is 4.98 Å². The number of hydrogen-bond acceptors (Lipinski definition) is 4. The van der Waals surface area contributed by atoms with Crippen LogP contribution >= 0.6 is 23.2 Å². The van der Waals surface area contributed by atoms with Crippen LogP contribution in [0.4, 0.5) is 0 Å². The Balaban J connectivity index is 1.37. The maximum atomic E-state index is 13.2. The second kappa shape index (κ2) is 11.3. The summed E-state index contributed by atoms with van der Waals surface area (Å²) in [5, 5.41) is 5.85. The highest BCUT2D eigenvalue weighted by molar-refractivity contribution is 7.89. The summed E-state index contributed by atoms with van der Waals surface area (Å²) in [5.74, 6) is 0. The molecule has 3 aromatic carbocycles. The summed E-state index contributed by atoms with van der Waals surface area (Å²) in [4.78, 5) is 4.42. The van der Waals surface area contributed by atoms with Crippen LogP contribution in [0.3, 0.4) is 0 Å². The number of rotatable bonds is 10. The summed E-state index contributed by atoms with van der Waals surface area (Å²) in [6.07, 6.45) is 4.96. The number of hydrogen-bond donors (Lipinski definition) is 2. The van der Waals surface area contributed by atoms with E-state index in [4.69, 9.17) is 23.2 Å². The van der Waals surface area contributed by atoms with E-state index in [-0.39, 0.29) is 11.4 Å². The molecule has 0 bridgehead atoms. The van der Waals surface area contributed by atoms with E-state index in [9.17, 15) is 8.42 Å². The van der Waals surface area contributed by atoms with E-state index in [1.807, 2.05) is 48.5 Å². The summed E-state index contributed by atoms with van der Waals surface area (Å²) in [5.41, 5.74) is 2.79. The Hall–Kier alpha value is -2.48. The van der Waals surface area contributed by atoms with Gasteiger partial charge in [-0.2, -0.15) is 0 Å². The van der Waals surface area contributed by atoms with Crippen LogP contribution in [-0.2, 0) is 16.4 Å². The van der Waals surface area contributed by atoms with Crippen molar-refractivity contribution in [2.75, 3.05) is 19.6 Å². The molecule has 176 valence electrons. The van der Waals surface area contributed by atoms with Gasteiger partial charge in [0.15, 0.2) is 0 Å². The average molecular weight is 514 g/mol. The monoisotopic (exact) mass is 513 g/mol. The number of benzene rings is 3. The maximum absolute atomic E-state index is 13.2. The van der Waals surface area contributed by atoms with Crippen molar-refractivity contribution in [1.29, 1.82) is 0 Å². The fraction of sp³-hybridized carbons (Fsp3) is 0.192. The highest BCUT2D eigenvalue weighted by Crippen LogP contribution is 2.30. The minimum Gasteiger partial charge on any atom is -0.315 e. The van der Waals surface area contributed by atoms with Crippen molar-refractivity contribution < 1.29 is 8.42 Å². The zero-order chi connectivity index (χ0) is 24.0. The van der Waals surface area contributed by atoms with E-state index < -0.39 is 10.0 Å². The smallest absolute Gasteiger partial charge is 0.241 e. The first-order valence-corrected chi connectivity index (χ1v) is 13.3. The number of nitrogens with zero attached hydrogens (tertiary/aromatic N) is 1. The third kappa shape index (κ3) is 5.95. The molecule has 1 aromatic heterocycles. The number of halogens is 2. The molecule has 0 aliphatic rings. The van der Waals surface area contributed by atoms with Crippen molar-refractivity contribution in [2.24, 2.45) is 0 Å². The lowest BCUT2D eigenvalue weighted by Gasteiger charge is -2.13. The van der Waals surface area contributed by atoms with Crippen LogP contribution in [0, 0.1) is 0 Å². The lowest BCUT2D eigenvalue weighted by Crippen LogP contribution is -2.32. The molecule has 0 aliphatic heterocycles. The lowest BCUT2D eigenvalue weighted by atomic mass is 10.0. The zero-order valence-corrected chi connectivity index (χ0v) is 20.8. The summed E-state index contributed by atoms with van der Waals surface area (Å²) >= 11 is 12.3. The van der Waals surface area contributed by atoms with Crippen LogP contribution in [0.25, 0.3) is 21.9 Å². The summed E-state index contributed by atoms with van der Waals surface area (Å²) < 4.78 is 29.1. The number of aryl methyl sites for hydroxylation is 1. The van der Waals surface area contributed by atoms with Gasteiger partial charge >= 0.3 is 0 Å². The molecule has 4 rings (SSSR count). The molecule has 0 aliphatic carbocycles. The zero-order valence-electron chi connectivity index (χ0n) is 18.5. The summed E-state index contributed by atoms with van der Waals surface area (Å²) in [7, 11) is -3.71. The second-order valence-electron chi connectivity index (χ2n) is 7.90. The van der Waals surface area contributed by atoms with Gasteiger partial charge in [0.05, 0.1) is 14.9 Å². The Labute approximate surface area is 210 Å². The molecule has 0 spiro atoms. The highest BCUT2D eigenvalue weighted by Gasteiger charge is 2.18. The third-order valence-electron chi connectivity index (χ3n) is 5.54. The Kier molecular flexibility index (Phi) is 8.19. The van der Waals surface area contributed by atoms with Crippen molar-refractivity contribution in [3.05, 3.63) is 94.7 Å². The van der Waals surface area contributed by atoms with Crippen molar-refractivity contribution in [2.45, 2.75) is 17.7 Å². The van der Waals surface area contributed by atoms with Crippen molar-refractivity contribution in [3.63, 3.8) is 0 Å². The first kappa shape index (κ1) is 24.6. The molecule has 2 N–H and O–H groups in total.